The Balaban J connectivity index is 1.77. The summed E-state index contributed by atoms with van der Waals surface area (Å²) in [4.78, 5) is 23.2. The topological polar surface area (TPSA) is 176 Å². The minimum atomic E-state index is -5.07. The lowest BCUT2D eigenvalue weighted by molar-refractivity contribution is 0.355. The van der Waals surface area contributed by atoms with Crippen molar-refractivity contribution >= 4 is 61.5 Å². The minimum absolute atomic E-state index is 0.130. The van der Waals surface area contributed by atoms with Crippen molar-refractivity contribution in [2.24, 2.45) is 5.11 Å². The van der Waals surface area contributed by atoms with Crippen molar-refractivity contribution in [1.82, 2.24) is 4.72 Å². The largest absolute Gasteiger partial charge is 0.347 e. The molecule has 0 radical (unpaired) electrons. The maximum absolute atomic E-state index is 14.0. The van der Waals surface area contributed by atoms with Crippen LogP contribution in [0.2, 0.25) is 0 Å². The summed E-state index contributed by atoms with van der Waals surface area (Å²) in [6, 6.07) is 7.73. The van der Waals surface area contributed by atoms with Crippen LogP contribution < -0.4 is 4.72 Å². The molecule has 1 unspecified atom stereocenters. The highest BCUT2D eigenvalue weighted by Gasteiger charge is 2.36. The van der Waals surface area contributed by atoms with Gasteiger partial charge >= 0.3 is 7.60 Å². The molecule has 0 fully saturated rings. The van der Waals surface area contributed by atoms with Crippen LogP contribution in [0.4, 0.5) is 4.39 Å². The van der Waals surface area contributed by atoms with Gasteiger partial charge in [0.25, 0.3) is 10.0 Å². The Morgan fingerprint density at radius 3 is 2.65 bits per heavy atom. The number of nitrogens with one attached hydrogen (secondary N) is 1. The van der Waals surface area contributed by atoms with Crippen molar-refractivity contribution in [3.63, 3.8) is 0 Å². The van der Waals surface area contributed by atoms with Gasteiger partial charge in [-0.2, -0.15) is 21.7 Å². The van der Waals surface area contributed by atoms with Crippen LogP contribution in [0.25, 0.3) is 19.8 Å². The number of hydrogen-bond acceptors (Lipinski definition) is 8. The number of azide groups is 1. The van der Waals surface area contributed by atoms with Gasteiger partial charge in [0.2, 0.25) is 0 Å². The summed E-state index contributed by atoms with van der Waals surface area (Å²) in [6.45, 7) is 0.433. The number of nitriles is 1. The third-order valence-corrected chi connectivity index (χ3v) is 11.1. The second-order valence-corrected chi connectivity index (χ2v) is 13.8. The first kappa shape index (κ1) is 26.6. The summed E-state index contributed by atoms with van der Waals surface area (Å²) < 4.78 is 55.1. The molecular formula is C18H17FN5O5PS4. The number of thiophene rings is 2. The number of fused-ring (bicyclic) bond motifs is 1. The Bertz CT molecular complexity index is 1410. The van der Waals surface area contributed by atoms with Crippen LogP contribution in [0.15, 0.2) is 39.7 Å². The summed E-state index contributed by atoms with van der Waals surface area (Å²) in [5.41, 5.74) is 7.62. The molecule has 1 aromatic carbocycles. The second kappa shape index (κ2) is 11.2. The van der Waals surface area contributed by atoms with Gasteiger partial charge in [0, 0.05) is 31.5 Å². The fourth-order valence-corrected chi connectivity index (χ4v) is 9.31. The van der Waals surface area contributed by atoms with E-state index in [2.05, 4.69) is 10.0 Å². The first-order valence-corrected chi connectivity index (χ1v) is 15.4. The Labute approximate surface area is 206 Å². The van der Waals surface area contributed by atoms with Gasteiger partial charge in [-0.1, -0.05) is 11.2 Å². The fourth-order valence-electron chi connectivity index (χ4n) is 2.85. The van der Waals surface area contributed by atoms with E-state index in [0.29, 0.717) is 21.7 Å². The molecule has 3 aromatic rings. The van der Waals surface area contributed by atoms with Crippen LogP contribution >= 0.6 is 42.0 Å². The Morgan fingerprint density at radius 2 is 2.03 bits per heavy atom. The molecule has 0 saturated carbocycles. The van der Waals surface area contributed by atoms with Gasteiger partial charge in [0.1, 0.15) is 21.9 Å². The zero-order chi connectivity index (χ0) is 24.9. The number of halogens is 1. The Kier molecular flexibility index (Phi) is 8.75. The lowest BCUT2D eigenvalue weighted by Gasteiger charge is -2.20. The lowest BCUT2D eigenvalue weighted by Crippen LogP contribution is -2.28. The van der Waals surface area contributed by atoms with E-state index in [-0.39, 0.29) is 15.3 Å². The van der Waals surface area contributed by atoms with Gasteiger partial charge in [-0.3, -0.25) is 4.57 Å². The molecule has 180 valence electrons. The monoisotopic (exact) mass is 561 g/mol. The number of nitrogens with zero attached hydrogens (tertiary/aromatic N) is 4. The summed E-state index contributed by atoms with van der Waals surface area (Å²) in [5, 5.41) is 12.3. The van der Waals surface area contributed by atoms with Crippen molar-refractivity contribution in [1.29, 1.82) is 5.26 Å². The molecule has 10 nitrogen and oxygen atoms in total. The summed E-state index contributed by atoms with van der Waals surface area (Å²) in [5.74, 6) is -1.50. The van der Waals surface area contributed by atoms with Gasteiger partial charge in [0.15, 0.2) is 0 Å². The third kappa shape index (κ3) is 6.57. The fraction of sp³-hybridized carbons (Fsp3) is 0.278. The van der Waals surface area contributed by atoms with E-state index in [0.717, 1.165) is 46.6 Å². The molecule has 0 amide bonds. The number of sulfonamides is 1. The normalized spacial score (nSPS) is 12.9. The maximum Gasteiger partial charge on any atom is 0.347 e. The number of rotatable bonds is 11. The van der Waals surface area contributed by atoms with Crippen molar-refractivity contribution in [2.75, 3.05) is 12.3 Å². The Hall–Kier alpha value is -1.98. The van der Waals surface area contributed by atoms with E-state index in [1.54, 1.807) is 17.8 Å². The highest BCUT2D eigenvalue weighted by molar-refractivity contribution is 7.98. The zero-order valence-electron chi connectivity index (χ0n) is 17.2. The van der Waals surface area contributed by atoms with E-state index in [4.69, 9.17) is 10.8 Å². The molecule has 3 N–H and O–H groups in total. The predicted molar refractivity (Wildman–Crippen MR) is 131 cm³/mol. The molecule has 3 rings (SSSR count). The number of hydrogen-bond donors (Lipinski definition) is 3. The van der Waals surface area contributed by atoms with E-state index in [9.17, 15) is 27.2 Å². The van der Waals surface area contributed by atoms with Crippen molar-refractivity contribution < 1.29 is 27.2 Å². The van der Waals surface area contributed by atoms with Crippen LogP contribution in [-0.4, -0.2) is 30.5 Å². The first-order chi connectivity index (χ1) is 16.0. The molecule has 16 heteroatoms. The third-order valence-electron chi connectivity index (χ3n) is 4.39. The van der Waals surface area contributed by atoms with Crippen LogP contribution in [0, 0.1) is 17.1 Å². The van der Waals surface area contributed by atoms with Gasteiger partial charge < -0.3 is 9.79 Å². The Morgan fingerprint density at radius 1 is 1.29 bits per heavy atom. The van der Waals surface area contributed by atoms with Crippen LogP contribution in [-0.2, 0) is 20.3 Å². The molecule has 0 aliphatic heterocycles. The van der Waals surface area contributed by atoms with Crippen molar-refractivity contribution in [2.45, 2.75) is 22.2 Å². The zero-order valence-corrected chi connectivity index (χ0v) is 21.3. The van der Waals surface area contributed by atoms with Gasteiger partial charge in [-0.15, -0.1) is 22.7 Å². The molecular weight excluding hydrogens is 544 g/mol. The summed E-state index contributed by atoms with van der Waals surface area (Å²) in [7, 11) is -9.41. The standard InChI is InChI=1S/C18H17FN5O5PS4/c19-14-6-11(2-3-12(14)9-20)18(30(25,26)27)23-34(28,29)17-8-16-15(33-17)7-13(32-16)10-31-5-1-4-22-24-21/h2-3,6-8,18,23H,1,4-5,10H2,(H2,25,26,27). The maximum atomic E-state index is 14.0. The van der Waals surface area contributed by atoms with Gasteiger partial charge in [-0.25, -0.2) is 12.8 Å². The minimum Gasteiger partial charge on any atom is -0.323 e. The molecule has 34 heavy (non-hydrogen) atoms. The highest BCUT2D eigenvalue weighted by atomic mass is 32.2. The van der Waals surface area contributed by atoms with Crippen molar-refractivity contribution in [3.05, 3.63) is 62.6 Å². The van der Waals surface area contributed by atoms with Crippen LogP contribution in [0.5, 0.6) is 0 Å². The number of thioether (sulfide) groups is 1. The average Bonchev–Trinajstić information content (AvgIpc) is 3.33. The summed E-state index contributed by atoms with van der Waals surface area (Å²) in [6.07, 6.45) is 0.756. The number of benzene rings is 1. The molecule has 1 atom stereocenters. The van der Waals surface area contributed by atoms with Crippen molar-refractivity contribution in [3.8, 4) is 6.07 Å². The van der Waals surface area contributed by atoms with E-state index < -0.39 is 29.2 Å². The molecule has 2 heterocycles. The van der Waals surface area contributed by atoms with Crippen LogP contribution in [0.1, 0.15) is 28.2 Å². The van der Waals surface area contributed by atoms with E-state index in [1.165, 1.54) is 17.4 Å². The quantitative estimate of drug-likeness (QED) is 0.0963. The highest BCUT2D eigenvalue weighted by Crippen LogP contribution is 2.51. The molecule has 0 aliphatic carbocycles. The predicted octanol–water partition coefficient (Wildman–Crippen LogP) is 5.06. The first-order valence-electron chi connectivity index (χ1n) is 9.43. The van der Waals surface area contributed by atoms with Gasteiger partial charge in [-0.05, 0) is 47.5 Å². The van der Waals surface area contributed by atoms with Gasteiger partial charge in [0.05, 0.1) is 5.56 Å². The molecule has 2 aromatic heterocycles. The van der Waals surface area contributed by atoms with Crippen LogP contribution in [0.3, 0.4) is 0 Å². The molecule has 0 spiro atoms. The van der Waals surface area contributed by atoms with E-state index >= 15 is 0 Å². The average molecular weight is 562 g/mol. The second-order valence-electron chi connectivity index (χ2n) is 6.83. The molecule has 0 aliphatic rings. The molecule has 0 bridgehead atoms. The smallest absolute Gasteiger partial charge is 0.323 e. The van der Waals surface area contributed by atoms with E-state index in [1.807, 2.05) is 10.8 Å². The summed E-state index contributed by atoms with van der Waals surface area (Å²) >= 11 is 4.03. The lowest BCUT2D eigenvalue weighted by atomic mass is 10.1. The molecule has 0 saturated heterocycles. The SMILES string of the molecule is N#Cc1ccc(C(NS(=O)(=O)c2cc3sc(CSCCCN=[N+]=[N-])cc3s2)P(=O)(O)O)cc1F.